The molecule has 0 spiro atoms. The smallest absolute Gasteiger partial charge is 0.326 e. The quantitative estimate of drug-likeness (QED) is 0.518. The molecule has 0 aromatic rings. The third-order valence-electron chi connectivity index (χ3n) is 4.37. The van der Waals surface area contributed by atoms with Gasteiger partial charge in [-0.25, -0.2) is 0 Å². The first-order valence-electron chi connectivity index (χ1n) is 8.36. The van der Waals surface area contributed by atoms with Crippen molar-refractivity contribution in [3.05, 3.63) is 0 Å². The first-order chi connectivity index (χ1) is 9.92. The maximum atomic E-state index is 12.4. The molecule has 2 atom stereocenters. The van der Waals surface area contributed by atoms with E-state index in [9.17, 15) is 4.79 Å². The minimum absolute atomic E-state index is 0.0640. The summed E-state index contributed by atoms with van der Waals surface area (Å²) in [5.74, 6) is 3.51. The standard InChI is InChI=1S/C17H33NO2S/c1-13(2)8-11-21-12-9-15-7-6-10-17(15,16(19)20-5)18-14(3)4/h13-15,18H,6-12H2,1-5H3. The van der Waals surface area contributed by atoms with Gasteiger partial charge in [0.05, 0.1) is 7.11 Å². The van der Waals surface area contributed by atoms with Gasteiger partial charge in [0, 0.05) is 6.04 Å². The van der Waals surface area contributed by atoms with Crippen molar-refractivity contribution in [1.82, 2.24) is 5.32 Å². The van der Waals surface area contributed by atoms with Crippen molar-refractivity contribution in [2.45, 2.75) is 71.4 Å². The zero-order valence-corrected chi connectivity index (χ0v) is 15.2. The van der Waals surface area contributed by atoms with E-state index in [1.165, 1.54) is 19.3 Å². The van der Waals surface area contributed by atoms with Crippen molar-refractivity contribution >= 4 is 17.7 Å². The van der Waals surface area contributed by atoms with Crippen LogP contribution in [0.25, 0.3) is 0 Å². The molecule has 1 aliphatic rings. The van der Waals surface area contributed by atoms with Gasteiger partial charge in [-0.2, -0.15) is 11.8 Å². The van der Waals surface area contributed by atoms with E-state index in [4.69, 9.17) is 4.74 Å². The molecule has 0 heterocycles. The average molecular weight is 316 g/mol. The number of carbonyl (C=O) groups is 1. The lowest BCUT2D eigenvalue weighted by Gasteiger charge is -2.35. The van der Waals surface area contributed by atoms with Crippen LogP contribution in [0.5, 0.6) is 0 Å². The van der Waals surface area contributed by atoms with Crippen LogP contribution in [-0.2, 0) is 9.53 Å². The topological polar surface area (TPSA) is 38.3 Å². The predicted molar refractivity (Wildman–Crippen MR) is 91.8 cm³/mol. The van der Waals surface area contributed by atoms with Crippen molar-refractivity contribution < 1.29 is 9.53 Å². The van der Waals surface area contributed by atoms with E-state index < -0.39 is 5.54 Å². The number of hydrogen-bond acceptors (Lipinski definition) is 4. The molecular weight excluding hydrogens is 282 g/mol. The van der Waals surface area contributed by atoms with Gasteiger partial charge in [0.15, 0.2) is 0 Å². The van der Waals surface area contributed by atoms with Crippen LogP contribution in [0.3, 0.4) is 0 Å². The van der Waals surface area contributed by atoms with E-state index in [0.29, 0.717) is 12.0 Å². The number of methoxy groups -OCH3 is 1. The van der Waals surface area contributed by atoms with Gasteiger partial charge < -0.3 is 4.74 Å². The molecule has 3 nitrogen and oxygen atoms in total. The van der Waals surface area contributed by atoms with E-state index in [0.717, 1.165) is 37.4 Å². The van der Waals surface area contributed by atoms with E-state index in [-0.39, 0.29) is 5.97 Å². The molecule has 124 valence electrons. The molecule has 0 radical (unpaired) electrons. The predicted octanol–water partition coefficient (Wildman–Crippen LogP) is 3.87. The zero-order chi connectivity index (χ0) is 15.9. The lowest BCUT2D eigenvalue weighted by molar-refractivity contribution is -0.150. The Morgan fingerprint density at radius 2 is 2.05 bits per heavy atom. The van der Waals surface area contributed by atoms with Gasteiger partial charge in [0.1, 0.15) is 5.54 Å². The van der Waals surface area contributed by atoms with Crippen LogP contribution in [-0.4, -0.2) is 36.2 Å². The lowest BCUT2D eigenvalue weighted by Crippen LogP contribution is -2.57. The molecule has 1 fully saturated rings. The molecule has 21 heavy (non-hydrogen) atoms. The van der Waals surface area contributed by atoms with Crippen LogP contribution in [0.1, 0.15) is 59.8 Å². The zero-order valence-electron chi connectivity index (χ0n) is 14.4. The molecule has 0 amide bonds. The van der Waals surface area contributed by atoms with Gasteiger partial charge >= 0.3 is 5.97 Å². The molecular formula is C17H33NO2S. The largest absolute Gasteiger partial charge is 0.468 e. The lowest BCUT2D eigenvalue weighted by atomic mass is 9.84. The minimum Gasteiger partial charge on any atom is -0.468 e. The van der Waals surface area contributed by atoms with Crippen LogP contribution >= 0.6 is 11.8 Å². The van der Waals surface area contributed by atoms with Gasteiger partial charge in [0.2, 0.25) is 0 Å². The second-order valence-electron chi connectivity index (χ2n) is 6.93. The SMILES string of the molecule is COC(=O)C1(NC(C)C)CCCC1CCSCCC(C)C. The van der Waals surface area contributed by atoms with E-state index in [1.54, 1.807) is 0 Å². The Hall–Kier alpha value is -0.220. The third kappa shape index (κ3) is 5.48. The average Bonchev–Trinajstić information content (AvgIpc) is 2.80. The van der Waals surface area contributed by atoms with Crippen LogP contribution in [0, 0.1) is 11.8 Å². The van der Waals surface area contributed by atoms with Crippen molar-refractivity contribution in [1.29, 1.82) is 0 Å². The first-order valence-corrected chi connectivity index (χ1v) is 9.51. The third-order valence-corrected chi connectivity index (χ3v) is 5.42. The molecule has 1 saturated carbocycles. The summed E-state index contributed by atoms with van der Waals surface area (Å²) in [5.41, 5.74) is -0.443. The highest BCUT2D eigenvalue weighted by Crippen LogP contribution is 2.40. The van der Waals surface area contributed by atoms with Crippen LogP contribution < -0.4 is 5.32 Å². The number of thioether (sulfide) groups is 1. The fraction of sp³-hybridized carbons (Fsp3) is 0.941. The van der Waals surface area contributed by atoms with Crippen molar-refractivity contribution in [3.8, 4) is 0 Å². The highest BCUT2D eigenvalue weighted by molar-refractivity contribution is 7.99. The summed E-state index contributed by atoms with van der Waals surface area (Å²) in [6, 6.07) is 0.304. The molecule has 0 saturated heterocycles. The van der Waals surface area contributed by atoms with Gasteiger partial charge in [-0.15, -0.1) is 0 Å². The normalized spacial score (nSPS) is 25.8. The molecule has 0 aromatic heterocycles. The number of carbonyl (C=O) groups excluding carboxylic acids is 1. The van der Waals surface area contributed by atoms with Crippen LogP contribution in [0.15, 0.2) is 0 Å². The van der Waals surface area contributed by atoms with Gasteiger partial charge in [-0.1, -0.05) is 20.3 Å². The molecule has 0 aromatic carbocycles. The Balaban J connectivity index is 2.55. The van der Waals surface area contributed by atoms with E-state index >= 15 is 0 Å². The summed E-state index contributed by atoms with van der Waals surface area (Å²) < 4.78 is 5.12. The Kier molecular flexibility index (Phi) is 8.10. The van der Waals surface area contributed by atoms with Gasteiger partial charge in [-0.3, -0.25) is 10.1 Å². The Labute approximate surface area is 135 Å². The summed E-state index contributed by atoms with van der Waals surface area (Å²) in [4.78, 5) is 12.4. The highest BCUT2D eigenvalue weighted by Gasteiger charge is 2.49. The minimum atomic E-state index is -0.443. The van der Waals surface area contributed by atoms with Crippen molar-refractivity contribution in [3.63, 3.8) is 0 Å². The summed E-state index contributed by atoms with van der Waals surface area (Å²) >= 11 is 2.03. The number of ether oxygens (including phenoxy) is 1. The maximum Gasteiger partial charge on any atom is 0.326 e. The number of rotatable bonds is 9. The molecule has 1 rings (SSSR count). The fourth-order valence-electron chi connectivity index (χ4n) is 3.33. The van der Waals surface area contributed by atoms with E-state index in [1.807, 2.05) is 11.8 Å². The molecule has 4 heteroatoms. The highest BCUT2D eigenvalue weighted by atomic mass is 32.2. The fourth-order valence-corrected chi connectivity index (χ4v) is 4.62. The second kappa shape index (κ2) is 9.04. The summed E-state index contributed by atoms with van der Waals surface area (Å²) in [7, 11) is 1.51. The molecule has 1 N–H and O–H groups in total. The van der Waals surface area contributed by atoms with Crippen LogP contribution in [0.2, 0.25) is 0 Å². The number of hydrogen-bond donors (Lipinski definition) is 1. The van der Waals surface area contributed by atoms with Crippen molar-refractivity contribution in [2.24, 2.45) is 11.8 Å². The monoisotopic (exact) mass is 315 g/mol. The Morgan fingerprint density at radius 1 is 1.33 bits per heavy atom. The Bertz CT molecular complexity index is 320. The van der Waals surface area contributed by atoms with Crippen LogP contribution in [0.4, 0.5) is 0 Å². The molecule has 0 bridgehead atoms. The van der Waals surface area contributed by atoms with Gasteiger partial charge in [-0.05, 0) is 62.9 Å². The second-order valence-corrected chi connectivity index (χ2v) is 8.16. The summed E-state index contributed by atoms with van der Waals surface area (Å²) in [6.07, 6.45) is 5.56. The summed E-state index contributed by atoms with van der Waals surface area (Å²) in [6.45, 7) is 8.76. The van der Waals surface area contributed by atoms with Crippen molar-refractivity contribution in [2.75, 3.05) is 18.6 Å². The van der Waals surface area contributed by atoms with Gasteiger partial charge in [0.25, 0.3) is 0 Å². The molecule has 2 unspecified atom stereocenters. The van der Waals surface area contributed by atoms with E-state index in [2.05, 4.69) is 33.0 Å². The summed E-state index contributed by atoms with van der Waals surface area (Å²) in [5, 5.41) is 3.53. The molecule has 0 aliphatic heterocycles. The number of nitrogens with one attached hydrogen (secondary N) is 1. The Morgan fingerprint density at radius 3 is 2.62 bits per heavy atom. The number of esters is 1. The first kappa shape index (κ1) is 18.8. The maximum absolute atomic E-state index is 12.4. The molecule has 1 aliphatic carbocycles.